The Balaban J connectivity index is 1.61. The van der Waals surface area contributed by atoms with Gasteiger partial charge in [0.25, 0.3) is 0 Å². The monoisotopic (exact) mass is 348 g/mol. The van der Waals surface area contributed by atoms with E-state index in [1.807, 2.05) is 51.2 Å². The van der Waals surface area contributed by atoms with E-state index in [1.54, 1.807) is 35.0 Å². The van der Waals surface area contributed by atoms with Crippen LogP contribution in [0, 0.1) is 13.8 Å². The van der Waals surface area contributed by atoms with Crippen LogP contribution < -0.4 is 9.47 Å². The molecule has 0 atom stereocenters. The predicted octanol–water partition coefficient (Wildman–Crippen LogP) is 4.45. The maximum atomic E-state index is 12.0. The number of ether oxygens (including phenoxy) is 2. The summed E-state index contributed by atoms with van der Waals surface area (Å²) in [6.07, 6.45) is 3.14. The summed E-state index contributed by atoms with van der Waals surface area (Å²) in [4.78, 5) is 12.0. The number of carbonyl (C=O) groups excluding carboxylic acids is 1. The highest BCUT2D eigenvalue weighted by Gasteiger charge is 2.07. The number of esters is 1. The summed E-state index contributed by atoms with van der Waals surface area (Å²) in [6, 6.07) is 16.4. The van der Waals surface area contributed by atoms with Gasteiger partial charge in [-0.25, -0.2) is 4.79 Å². The summed E-state index contributed by atoms with van der Waals surface area (Å²) in [7, 11) is 1.87. The lowest BCUT2D eigenvalue weighted by molar-refractivity contribution is -0.128. The van der Waals surface area contributed by atoms with Gasteiger partial charge < -0.3 is 9.47 Å². The molecule has 0 N–H and O–H groups in total. The third kappa shape index (κ3) is 4.19. The van der Waals surface area contributed by atoms with Gasteiger partial charge in [-0.2, -0.15) is 5.10 Å². The van der Waals surface area contributed by atoms with Crippen molar-refractivity contribution in [3.63, 3.8) is 0 Å². The van der Waals surface area contributed by atoms with Gasteiger partial charge in [0.2, 0.25) is 0 Å². The van der Waals surface area contributed by atoms with Crippen LogP contribution in [0.5, 0.6) is 17.2 Å². The van der Waals surface area contributed by atoms with Crippen LogP contribution in [-0.4, -0.2) is 15.7 Å². The zero-order chi connectivity index (χ0) is 18.5. The molecule has 5 heteroatoms. The van der Waals surface area contributed by atoms with Crippen LogP contribution in [0.15, 0.2) is 60.7 Å². The molecule has 0 fully saturated rings. The Morgan fingerprint density at radius 1 is 0.962 bits per heavy atom. The highest BCUT2D eigenvalue weighted by atomic mass is 16.5. The van der Waals surface area contributed by atoms with E-state index in [2.05, 4.69) is 5.10 Å². The standard InChI is InChI=1S/C21H20N2O3/c1-15-20(16(2)23(3)22-15)13-14-21(24)26-19-11-9-18(10-12-19)25-17-7-5-4-6-8-17/h4-14H,1-3H3. The van der Waals surface area contributed by atoms with Crippen molar-refractivity contribution in [3.05, 3.63) is 77.6 Å². The number of aryl methyl sites for hydroxylation is 2. The number of hydrogen-bond acceptors (Lipinski definition) is 4. The van der Waals surface area contributed by atoms with Gasteiger partial charge in [-0.3, -0.25) is 4.68 Å². The van der Waals surface area contributed by atoms with Crippen LogP contribution in [0.1, 0.15) is 17.0 Å². The number of para-hydroxylation sites is 1. The molecule has 0 spiro atoms. The second-order valence-corrected chi connectivity index (χ2v) is 5.85. The summed E-state index contributed by atoms with van der Waals surface area (Å²) >= 11 is 0. The fourth-order valence-corrected chi connectivity index (χ4v) is 2.53. The molecule has 2 aromatic carbocycles. The second-order valence-electron chi connectivity index (χ2n) is 5.85. The minimum Gasteiger partial charge on any atom is -0.457 e. The second kappa shape index (κ2) is 7.70. The van der Waals surface area contributed by atoms with E-state index in [0.717, 1.165) is 22.7 Å². The number of aromatic nitrogens is 2. The summed E-state index contributed by atoms with van der Waals surface area (Å²) in [6.45, 7) is 3.86. The first-order chi connectivity index (χ1) is 12.5. The van der Waals surface area contributed by atoms with Crippen LogP contribution >= 0.6 is 0 Å². The van der Waals surface area contributed by atoms with Gasteiger partial charge in [-0.05, 0) is 56.3 Å². The van der Waals surface area contributed by atoms with Crippen LogP contribution in [0.4, 0.5) is 0 Å². The summed E-state index contributed by atoms with van der Waals surface area (Å²) in [5.74, 6) is 1.44. The maximum absolute atomic E-state index is 12.0. The Morgan fingerprint density at radius 2 is 1.58 bits per heavy atom. The van der Waals surface area contributed by atoms with Crippen molar-refractivity contribution in [2.24, 2.45) is 7.05 Å². The fraction of sp³-hybridized carbons (Fsp3) is 0.143. The SMILES string of the molecule is Cc1nn(C)c(C)c1C=CC(=O)Oc1ccc(Oc2ccccc2)cc1. The van der Waals surface area contributed by atoms with Crippen molar-refractivity contribution >= 4 is 12.0 Å². The van der Waals surface area contributed by atoms with Gasteiger partial charge in [0.05, 0.1) is 5.69 Å². The zero-order valence-electron chi connectivity index (χ0n) is 15.0. The number of hydrogen-bond donors (Lipinski definition) is 0. The van der Waals surface area contributed by atoms with Gasteiger partial charge >= 0.3 is 5.97 Å². The Bertz CT molecular complexity index is 926. The van der Waals surface area contributed by atoms with Gasteiger partial charge in [0, 0.05) is 24.4 Å². The van der Waals surface area contributed by atoms with E-state index in [-0.39, 0.29) is 0 Å². The number of nitrogens with zero attached hydrogens (tertiary/aromatic N) is 2. The van der Waals surface area contributed by atoms with Crippen LogP contribution in [-0.2, 0) is 11.8 Å². The molecule has 3 aromatic rings. The molecule has 26 heavy (non-hydrogen) atoms. The zero-order valence-corrected chi connectivity index (χ0v) is 15.0. The molecule has 0 saturated carbocycles. The van der Waals surface area contributed by atoms with Gasteiger partial charge in [-0.15, -0.1) is 0 Å². The average Bonchev–Trinajstić information content (AvgIpc) is 2.88. The van der Waals surface area contributed by atoms with E-state index in [1.165, 1.54) is 6.08 Å². The van der Waals surface area contributed by atoms with Crippen molar-refractivity contribution in [1.82, 2.24) is 9.78 Å². The van der Waals surface area contributed by atoms with Crippen molar-refractivity contribution in [2.75, 3.05) is 0 Å². The number of benzene rings is 2. The summed E-state index contributed by atoms with van der Waals surface area (Å²) < 4.78 is 12.8. The summed E-state index contributed by atoms with van der Waals surface area (Å²) in [5.41, 5.74) is 2.79. The highest BCUT2D eigenvalue weighted by Crippen LogP contribution is 2.23. The Morgan fingerprint density at radius 3 is 2.19 bits per heavy atom. The molecule has 0 amide bonds. The lowest BCUT2D eigenvalue weighted by Gasteiger charge is -2.06. The van der Waals surface area contributed by atoms with Crippen LogP contribution in [0.2, 0.25) is 0 Å². The molecule has 3 rings (SSSR count). The normalized spacial score (nSPS) is 10.9. The molecule has 0 aliphatic carbocycles. The van der Waals surface area contributed by atoms with E-state index < -0.39 is 5.97 Å². The minimum atomic E-state index is -0.440. The van der Waals surface area contributed by atoms with Crippen LogP contribution in [0.25, 0.3) is 6.08 Å². The van der Waals surface area contributed by atoms with E-state index in [0.29, 0.717) is 11.5 Å². The minimum absolute atomic E-state index is 0.440. The summed E-state index contributed by atoms with van der Waals surface area (Å²) in [5, 5.41) is 4.32. The predicted molar refractivity (Wildman–Crippen MR) is 100 cm³/mol. The first-order valence-corrected chi connectivity index (χ1v) is 8.26. The first-order valence-electron chi connectivity index (χ1n) is 8.26. The van der Waals surface area contributed by atoms with Gasteiger partial charge in [0.15, 0.2) is 0 Å². The topological polar surface area (TPSA) is 53.4 Å². The first kappa shape index (κ1) is 17.5. The Hall–Kier alpha value is -3.34. The van der Waals surface area contributed by atoms with Gasteiger partial charge in [-0.1, -0.05) is 18.2 Å². The smallest absolute Gasteiger partial charge is 0.336 e. The lowest BCUT2D eigenvalue weighted by Crippen LogP contribution is -2.03. The number of rotatable bonds is 5. The van der Waals surface area contributed by atoms with Crippen molar-refractivity contribution in [3.8, 4) is 17.2 Å². The highest BCUT2D eigenvalue weighted by molar-refractivity contribution is 5.89. The molecule has 0 saturated heterocycles. The van der Waals surface area contributed by atoms with Crippen molar-refractivity contribution in [2.45, 2.75) is 13.8 Å². The largest absolute Gasteiger partial charge is 0.457 e. The molecule has 0 aliphatic rings. The molecule has 0 radical (unpaired) electrons. The third-order valence-corrected chi connectivity index (χ3v) is 3.97. The molecule has 132 valence electrons. The Labute approximate surface area is 152 Å². The number of carbonyl (C=O) groups is 1. The van der Waals surface area contributed by atoms with Crippen molar-refractivity contribution < 1.29 is 14.3 Å². The lowest BCUT2D eigenvalue weighted by atomic mass is 10.2. The molecule has 0 unspecified atom stereocenters. The maximum Gasteiger partial charge on any atom is 0.336 e. The van der Waals surface area contributed by atoms with E-state index in [9.17, 15) is 4.79 Å². The molecule has 0 aliphatic heterocycles. The quantitative estimate of drug-likeness (QED) is 0.388. The molecular formula is C21H20N2O3. The third-order valence-electron chi connectivity index (χ3n) is 3.97. The molecule has 1 heterocycles. The molecule has 0 bridgehead atoms. The Kier molecular flexibility index (Phi) is 5.17. The molecule has 1 aromatic heterocycles. The molecule has 5 nitrogen and oxygen atoms in total. The average molecular weight is 348 g/mol. The van der Waals surface area contributed by atoms with Gasteiger partial charge in [0.1, 0.15) is 17.2 Å². The van der Waals surface area contributed by atoms with E-state index in [4.69, 9.17) is 9.47 Å². The van der Waals surface area contributed by atoms with Crippen molar-refractivity contribution in [1.29, 1.82) is 0 Å². The van der Waals surface area contributed by atoms with E-state index >= 15 is 0 Å². The van der Waals surface area contributed by atoms with Crippen LogP contribution in [0.3, 0.4) is 0 Å². The fourth-order valence-electron chi connectivity index (χ4n) is 2.53. The molecular weight excluding hydrogens is 328 g/mol.